The standard InChI is InChI=1S/C8H12I2N2O/c1-2-3-4-11(9)8-7-13-6-5-12(8)10/h3-4,7H,2,5-6H2,1H3/b4-3-. The summed E-state index contributed by atoms with van der Waals surface area (Å²) in [6.45, 7) is 3.83. The molecule has 1 heterocycles. The fourth-order valence-corrected chi connectivity index (χ4v) is 2.42. The van der Waals surface area contributed by atoms with Gasteiger partial charge >= 0.3 is 0 Å². The largest absolute Gasteiger partial charge is 0.495 e. The number of ether oxygens (including phenoxy) is 1. The van der Waals surface area contributed by atoms with Gasteiger partial charge in [0.25, 0.3) is 0 Å². The molecule has 0 bridgehead atoms. The molecule has 1 aliphatic heterocycles. The first-order valence-electron chi connectivity index (χ1n) is 4.12. The van der Waals surface area contributed by atoms with E-state index in [4.69, 9.17) is 4.74 Å². The Morgan fingerprint density at radius 3 is 3.15 bits per heavy atom. The normalized spacial score (nSPS) is 17.2. The van der Waals surface area contributed by atoms with Gasteiger partial charge in [0.2, 0.25) is 0 Å². The van der Waals surface area contributed by atoms with Gasteiger partial charge in [-0.2, -0.15) is 0 Å². The minimum atomic E-state index is 0.772. The molecule has 0 radical (unpaired) electrons. The van der Waals surface area contributed by atoms with Gasteiger partial charge in [0.15, 0.2) is 5.82 Å². The van der Waals surface area contributed by atoms with Crippen molar-refractivity contribution in [2.45, 2.75) is 13.3 Å². The second kappa shape index (κ2) is 5.94. The lowest BCUT2D eigenvalue weighted by atomic mass is 10.5. The molecule has 0 saturated heterocycles. The molecular formula is C8H12I2N2O. The van der Waals surface area contributed by atoms with Crippen molar-refractivity contribution in [1.29, 1.82) is 0 Å². The summed E-state index contributed by atoms with van der Waals surface area (Å²) in [5, 5.41) is 0. The molecule has 0 aliphatic carbocycles. The maximum Gasteiger partial charge on any atom is 0.161 e. The third-order valence-corrected chi connectivity index (χ3v) is 3.33. The van der Waals surface area contributed by atoms with Crippen LogP contribution in [0.3, 0.4) is 0 Å². The summed E-state index contributed by atoms with van der Waals surface area (Å²) in [7, 11) is 0. The Labute approximate surface area is 107 Å². The monoisotopic (exact) mass is 406 g/mol. The molecule has 0 atom stereocenters. The zero-order valence-electron chi connectivity index (χ0n) is 7.41. The van der Waals surface area contributed by atoms with Crippen molar-refractivity contribution in [2.75, 3.05) is 13.2 Å². The van der Waals surface area contributed by atoms with Crippen LogP contribution in [0.4, 0.5) is 0 Å². The highest BCUT2D eigenvalue weighted by Crippen LogP contribution is 2.22. The maximum atomic E-state index is 5.26. The van der Waals surface area contributed by atoms with E-state index in [2.05, 4.69) is 61.8 Å². The molecule has 0 aromatic heterocycles. The number of rotatable bonds is 3. The van der Waals surface area contributed by atoms with E-state index in [0.29, 0.717) is 0 Å². The number of nitrogens with zero attached hydrogens (tertiary/aromatic N) is 2. The van der Waals surface area contributed by atoms with Crippen LogP contribution >= 0.6 is 45.7 Å². The second-order valence-corrected chi connectivity index (χ2v) is 4.74. The summed E-state index contributed by atoms with van der Waals surface area (Å²) in [5.74, 6) is 1.08. The first kappa shape index (κ1) is 11.4. The fraction of sp³-hybridized carbons (Fsp3) is 0.500. The molecule has 13 heavy (non-hydrogen) atoms. The van der Waals surface area contributed by atoms with E-state index in [1.54, 1.807) is 6.26 Å². The number of allylic oxidation sites excluding steroid dienone is 1. The summed E-state index contributed by atoms with van der Waals surface area (Å²) >= 11 is 4.54. The van der Waals surface area contributed by atoms with Crippen molar-refractivity contribution < 1.29 is 4.74 Å². The van der Waals surface area contributed by atoms with Gasteiger partial charge in [0.05, 0.1) is 52.3 Å². The first-order chi connectivity index (χ1) is 6.25. The van der Waals surface area contributed by atoms with Crippen molar-refractivity contribution >= 4 is 45.7 Å². The molecule has 74 valence electrons. The first-order valence-corrected chi connectivity index (χ1v) is 6.05. The van der Waals surface area contributed by atoms with Crippen molar-refractivity contribution in [3.63, 3.8) is 0 Å². The number of halogens is 2. The van der Waals surface area contributed by atoms with Crippen LogP contribution in [0.15, 0.2) is 24.4 Å². The molecule has 1 aliphatic rings. The molecule has 5 heteroatoms. The Hall–Kier alpha value is 0.340. The van der Waals surface area contributed by atoms with Gasteiger partial charge in [-0.25, -0.2) is 0 Å². The lowest BCUT2D eigenvalue weighted by Crippen LogP contribution is -2.26. The lowest BCUT2D eigenvalue weighted by molar-refractivity contribution is 0.197. The van der Waals surface area contributed by atoms with Crippen LogP contribution in [0.2, 0.25) is 0 Å². The Morgan fingerprint density at radius 2 is 2.54 bits per heavy atom. The van der Waals surface area contributed by atoms with E-state index >= 15 is 0 Å². The van der Waals surface area contributed by atoms with Crippen molar-refractivity contribution in [1.82, 2.24) is 6.23 Å². The van der Waals surface area contributed by atoms with Gasteiger partial charge in [-0.3, -0.25) is 6.23 Å². The van der Waals surface area contributed by atoms with E-state index in [1.807, 2.05) is 9.31 Å². The molecule has 0 saturated carbocycles. The van der Waals surface area contributed by atoms with Crippen LogP contribution in [-0.4, -0.2) is 19.4 Å². The number of hydrogen-bond donors (Lipinski definition) is 0. The minimum absolute atomic E-state index is 0.772. The van der Waals surface area contributed by atoms with Gasteiger partial charge in [0, 0.05) is 6.20 Å². The number of hydrogen-bond acceptors (Lipinski definition) is 3. The molecule has 0 aromatic rings. The SMILES string of the molecule is CC/C=C\N(I)C1=COCCN1I. The Balaban J connectivity index is 2.58. The molecule has 0 spiro atoms. The highest BCUT2D eigenvalue weighted by atomic mass is 127. The predicted octanol–water partition coefficient (Wildman–Crippen LogP) is 3.04. The van der Waals surface area contributed by atoms with Gasteiger partial charge in [0.1, 0.15) is 12.9 Å². The third kappa shape index (κ3) is 3.53. The smallest absolute Gasteiger partial charge is 0.161 e. The van der Waals surface area contributed by atoms with Crippen LogP contribution in [0.1, 0.15) is 13.3 Å². The predicted molar refractivity (Wildman–Crippen MR) is 70.1 cm³/mol. The molecule has 0 amide bonds. The van der Waals surface area contributed by atoms with E-state index < -0.39 is 0 Å². The topological polar surface area (TPSA) is 15.7 Å². The van der Waals surface area contributed by atoms with E-state index in [-0.39, 0.29) is 0 Å². The maximum absolute atomic E-state index is 5.26. The van der Waals surface area contributed by atoms with Crippen molar-refractivity contribution in [2.24, 2.45) is 0 Å². The summed E-state index contributed by atoms with van der Waals surface area (Å²) in [6.07, 6.45) is 7.01. The summed E-state index contributed by atoms with van der Waals surface area (Å²) in [5.41, 5.74) is 0. The minimum Gasteiger partial charge on any atom is -0.495 e. The highest BCUT2D eigenvalue weighted by molar-refractivity contribution is 14.1. The Bertz CT molecular complexity index is 218. The molecular weight excluding hydrogens is 394 g/mol. The van der Waals surface area contributed by atoms with Crippen LogP contribution in [-0.2, 0) is 4.74 Å². The van der Waals surface area contributed by atoms with Gasteiger partial charge in [-0.1, -0.05) is 13.0 Å². The Morgan fingerprint density at radius 1 is 1.77 bits per heavy atom. The average molecular weight is 406 g/mol. The molecule has 3 nitrogen and oxygen atoms in total. The van der Waals surface area contributed by atoms with E-state index in [1.165, 1.54) is 0 Å². The quantitative estimate of drug-likeness (QED) is 0.530. The van der Waals surface area contributed by atoms with Crippen LogP contribution in [0.5, 0.6) is 0 Å². The summed E-state index contributed by atoms with van der Waals surface area (Å²) in [4.78, 5) is 0. The summed E-state index contributed by atoms with van der Waals surface area (Å²) in [6, 6.07) is 0. The van der Waals surface area contributed by atoms with Gasteiger partial charge in [-0.05, 0) is 6.42 Å². The average Bonchev–Trinajstić information content (AvgIpc) is 2.15. The van der Waals surface area contributed by atoms with E-state index in [9.17, 15) is 0 Å². The third-order valence-electron chi connectivity index (χ3n) is 1.53. The van der Waals surface area contributed by atoms with Crippen molar-refractivity contribution in [3.8, 4) is 0 Å². The Kier molecular flexibility index (Phi) is 5.22. The van der Waals surface area contributed by atoms with Crippen molar-refractivity contribution in [3.05, 3.63) is 24.4 Å². The van der Waals surface area contributed by atoms with Crippen LogP contribution in [0, 0.1) is 0 Å². The van der Waals surface area contributed by atoms with Crippen LogP contribution < -0.4 is 0 Å². The molecule has 1 rings (SSSR count). The lowest BCUT2D eigenvalue weighted by Gasteiger charge is -2.27. The van der Waals surface area contributed by atoms with Gasteiger partial charge < -0.3 is 4.74 Å². The zero-order valence-corrected chi connectivity index (χ0v) is 11.7. The van der Waals surface area contributed by atoms with Crippen LogP contribution in [0.25, 0.3) is 0 Å². The highest BCUT2D eigenvalue weighted by Gasteiger charge is 2.14. The second-order valence-electron chi connectivity index (χ2n) is 2.54. The fourth-order valence-electron chi connectivity index (χ4n) is 0.866. The molecule has 0 aromatic carbocycles. The molecule has 0 N–H and O–H groups in total. The van der Waals surface area contributed by atoms with E-state index in [0.717, 1.165) is 25.4 Å². The molecule has 0 unspecified atom stereocenters. The van der Waals surface area contributed by atoms with Gasteiger partial charge in [-0.15, -0.1) is 0 Å². The summed E-state index contributed by atoms with van der Waals surface area (Å²) < 4.78 is 9.45. The zero-order chi connectivity index (χ0) is 9.68. The molecule has 0 fully saturated rings.